The summed E-state index contributed by atoms with van der Waals surface area (Å²) in [5, 5.41) is 16.4. The van der Waals surface area contributed by atoms with E-state index >= 15 is 0 Å². The summed E-state index contributed by atoms with van der Waals surface area (Å²) in [7, 11) is 0. The van der Waals surface area contributed by atoms with E-state index in [9.17, 15) is 14.7 Å². The number of fused-ring (bicyclic) bond motifs is 3. The predicted molar refractivity (Wildman–Crippen MR) is 111 cm³/mol. The number of aromatic carboxylic acids is 1. The minimum absolute atomic E-state index is 0.261. The van der Waals surface area contributed by atoms with Gasteiger partial charge in [0.25, 0.3) is 0 Å². The summed E-state index contributed by atoms with van der Waals surface area (Å²) >= 11 is 0. The number of aromatic nitrogens is 3. The van der Waals surface area contributed by atoms with E-state index in [0.29, 0.717) is 31.0 Å². The quantitative estimate of drug-likeness (QED) is 0.683. The highest BCUT2D eigenvalue weighted by Gasteiger charge is 2.22. The number of hydrogen-bond donors (Lipinski definition) is 2. The van der Waals surface area contributed by atoms with E-state index in [4.69, 9.17) is 4.74 Å². The Kier molecular flexibility index (Phi) is 4.81. The molecular weight excluding hydrogens is 386 g/mol. The van der Waals surface area contributed by atoms with Crippen molar-refractivity contribution < 1.29 is 19.4 Å². The molecule has 0 saturated heterocycles. The van der Waals surface area contributed by atoms with Gasteiger partial charge in [0.2, 0.25) is 0 Å². The first-order valence-electron chi connectivity index (χ1n) is 9.64. The highest BCUT2D eigenvalue weighted by atomic mass is 16.6. The van der Waals surface area contributed by atoms with Crippen molar-refractivity contribution in [2.24, 2.45) is 0 Å². The van der Waals surface area contributed by atoms with Crippen LogP contribution in [0, 0.1) is 0 Å². The number of hydrogen-bond acceptors (Lipinski definition) is 6. The number of amides is 1. The van der Waals surface area contributed by atoms with Gasteiger partial charge in [0.1, 0.15) is 5.60 Å². The highest BCUT2D eigenvalue weighted by molar-refractivity contribution is 5.88. The molecule has 0 atom stereocenters. The topological polar surface area (TPSA) is 109 Å². The summed E-state index contributed by atoms with van der Waals surface area (Å²) in [4.78, 5) is 29.8. The lowest BCUT2D eigenvalue weighted by molar-refractivity contribution is 0.0633. The summed E-state index contributed by atoms with van der Waals surface area (Å²) < 4.78 is 7.01. The van der Waals surface area contributed by atoms with Crippen molar-refractivity contribution in [1.82, 2.24) is 14.6 Å². The molecule has 156 valence electrons. The lowest BCUT2D eigenvalue weighted by Gasteiger charge is -2.30. The largest absolute Gasteiger partial charge is 0.478 e. The van der Waals surface area contributed by atoms with Crippen molar-refractivity contribution in [3.05, 3.63) is 53.3 Å². The van der Waals surface area contributed by atoms with Gasteiger partial charge in [0, 0.05) is 43.0 Å². The van der Waals surface area contributed by atoms with Crippen LogP contribution < -0.4 is 10.2 Å². The van der Waals surface area contributed by atoms with Crippen molar-refractivity contribution in [3.63, 3.8) is 0 Å². The fraction of sp³-hybridized carbons (Fsp3) is 0.333. The van der Waals surface area contributed by atoms with Crippen LogP contribution in [0.2, 0.25) is 0 Å². The molecule has 0 aliphatic carbocycles. The van der Waals surface area contributed by atoms with E-state index in [1.54, 1.807) is 55.7 Å². The van der Waals surface area contributed by atoms with Crippen LogP contribution in [0.15, 0.2) is 36.5 Å². The zero-order valence-corrected chi connectivity index (χ0v) is 17.0. The van der Waals surface area contributed by atoms with Crippen molar-refractivity contribution in [2.45, 2.75) is 39.3 Å². The molecule has 0 spiro atoms. The molecule has 0 fully saturated rings. The smallest absolute Gasteiger partial charge is 0.413 e. The second-order valence-corrected chi connectivity index (χ2v) is 8.18. The van der Waals surface area contributed by atoms with Crippen LogP contribution in [0.4, 0.5) is 16.3 Å². The molecule has 30 heavy (non-hydrogen) atoms. The van der Waals surface area contributed by atoms with Gasteiger partial charge < -0.3 is 14.7 Å². The van der Waals surface area contributed by atoms with E-state index in [1.165, 1.54) is 0 Å². The molecule has 1 aliphatic heterocycles. The average molecular weight is 409 g/mol. The molecule has 9 heteroatoms. The second-order valence-electron chi connectivity index (χ2n) is 8.18. The number of nitrogens with one attached hydrogen (secondary N) is 1. The van der Waals surface area contributed by atoms with Crippen LogP contribution in [0.5, 0.6) is 0 Å². The van der Waals surface area contributed by atoms with Crippen molar-refractivity contribution in [1.29, 1.82) is 0 Å². The molecular formula is C21H23N5O4. The maximum atomic E-state index is 12.0. The Balaban J connectivity index is 1.57. The van der Waals surface area contributed by atoms with Crippen molar-refractivity contribution in [3.8, 4) is 0 Å². The monoisotopic (exact) mass is 409 g/mol. The van der Waals surface area contributed by atoms with Crippen LogP contribution in [0.25, 0.3) is 5.65 Å². The maximum Gasteiger partial charge on any atom is 0.413 e. The Morgan fingerprint density at radius 1 is 1.23 bits per heavy atom. The molecule has 0 radical (unpaired) electrons. The standard InChI is InChI=1S/C21H23N5O4/c1-21(2,3)30-20(29)23-17-10-18-22-11-14-12-25(8-7-16(14)26(18)24-17)15-6-4-5-13(9-15)19(27)28/h4-6,9-11H,7-8,12H2,1-3H3,(H,27,28)(H,23,24,29). The number of carbonyl (C=O) groups is 2. The average Bonchev–Trinajstić information content (AvgIpc) is 3.08. The number of carbonyl (C=O) groups excluding carboxylic acids is 1. The zero-order valence-electron chi connectivity index (χ0n) is 17.0. The Morgan fingerprint density at radius 3 is 2.77 bits per heavy atom. The predicted octanol–water partition coefficient (Wildman–Crippen LogP) is 3.34. The molecule has 1 amide bonds. The summed E-state index contributed by atoms with van der Waals surface area (Å²) in [6.45, 7) is 6.70. The first kappa shape index (κ1) is 19.7. The molecule has 0 saturated carbocycles. The van der Waals surface area contributed by atoms with Gasteiger partial charge >= 0.3 is 12.1 Å². The van der Waals surface area contributed by atoms with Gasteiger partial charge in [-0.25, -0.2) is 19.1 Å². The highest BCUT2D eigenvalue weighted by Crippen LogP contribution is 2.26. The molecule has 9 nitrogen and oxygen atoms in total. The van der Waals surface area contributed by atoms with Crippen LogP contribution >= 0.6 is 0 Å². The first-order chi connectivity index (χ1) is 14.2. The molecule has 0 bridgehead atoms. The molecule has 1 aliphatic rings. The summed E-state index contributed by atoms with van der Waals surface area (Å²) in [5.41, 5.74) is 3.18. The molecule has 2 N–H and O–H groups in total. The van der Waals surface area contributed by atoms with E-state index in [0.717, 1.165) is 16.9 Å². The van der Waals surface area contributed by atoms with Gasteiger partial charge in [-0.2, -0.15) is 0 Å². The van der Waals surface area contributed by atoms with Gasteiger partial charge in [-0.1, -0.05) is 6.07 Å². The van der Waals surface area contributed by atoms with E-state index < -0.39 is 17.7 Å². The SMILES string of the molecule is CC(C)(C)OC(=O)Nc1cc2ncc3c(n2n1)CCN(c1cccc(C(=O)O)c1)C3. The zero-order chi connectivity index (χ0) is 21.5. The molecule has 3 aromatic rings. The molecule has 3 heterocycles. The Labute approximate surface area is 173 Å². The Hall–Kier alpha value is -3.62. The Bertz CT molecular complexity index is 1130. The molecule has 0 unspecified atom stereocenters. The summed E-state index contributed by atoms with van der Waals surface area (Å²) in [6, 6.07) is 8.61. The molecule has 2 aromatic heterocycles. The molecule has 4 rings (SSSR count). The first-order valence-corrected chi connectivity index (χ1v) is 9.64. The summed E-state index contributed by atoms with van der Waals surface area (Å²) in [6.07, 6.45) is 1.94. The number of benzene rings is 1. The number of carboxylic acid groups (broad SMARTS) is 1. The number of nitrogens with zero attached hydrogens (tertiary/aromatic N) is 4. The lowest BCUT2D eigenvalue weighted by atomic mass is 10.1. The van der Waals surface area contributed by atoms with Crippen LogP contribution in [-0.2, 0) is 17.7 Å². The summed E-state index contributed by atoms with van der Waals surface area (Å²) in [5.74, 6) is -0.569. The van der Waals surface area contributed by atoms with Crippen LogP contribution in [0.1, 0.15) is 42.4 Å². The van der Waals surface area contributed by atoms with Gasteiger partial charge in [-0.3, -0.25) is 5.32 Å². The third kappa shape index (κ3) is 4.05. The third-order valence-corrected chi connectivity index (χ3v) is 4.74. The lowest BCUT2D eigenvalue weighted by Crippen LogP contribution is -2.32. The van der Waals surface area contributed by atoms with Crippen molar-refractivity contribution >= 4 is 29.2 Å². The minimum Gasteiger partial charge on any atom is -0.478 e. The number of carboxylic acids is 1. The van der Waals surface area contributed by atoms with Gasteiger partial charge in [0.05, 0.1) is 11.3 Å². The maximum absolute atomic E-state index is 12.0. The number of rotatable bonds is 3. The van der Waals surface area contributed by atoms with E-state index in [-0.39, 0.29) is 5.56 Å². The second kappa shape index (κ2) is 7.33. The van der Waals surface area contributed by atoms with Gasteiger partial charge in [-0.15, -0.1) is 5.10 Å². The van der Waals surface area contributed by atoms with Crippen LogP contribution in [0.3, 0.4) is 0 Å². The number of ether oxygens (including phenoxy) is 1. The van der Waals surface area contributed by atoms with Gasteiger partial charge in [-0.05, 0) is 39.0 Å². The van der Waals surface area contributed by atoms with Gasteiger partial charge in [0.15, 0.2) is 11.5 Å². The van der Waals surface area contributed by atoms with Crippen molar-refractivity contribution in [2.75, 3.05) is 16.8 Å². The number of anilines is 2. The Morgan fingerprint density at radius 2 is 2.03 bits per heavy atom. The fourth-order valence-electron chi connectivity index (χ4n) is 3.47. The third-order valence-electron chi connectivity index (χ3n) is 4.74. The van der Waals surface area contributed by atoms with Crippen LogP contribution in [-0.4, -0.2) is 43.9 Å². The van der Waals surface area contributed by atoms with E-state index in [1.807, 2.05) is 6.07 Å². The minimum atomic E-state index is -0.945. The fourth-order valence-corrected chi connectivity index (χ4v) is 3.47. The van der Waals surface area contributed by atoms with E-state index in [2.05, 4.69) is 20.3 Å². The molecule has 1 aromatic carbocycles. The normalized spacial score (nSPS) is 13.8.